The average molecular weight is 473 g/mol. The first kappa shape index (κ1) is 23.6. The molecule has 33 heavy (non-hydrogen) atoms. The lowest BCUT2D eigenvalue weighted by Gasteiger charge is -2.45. The van der Waals surface area contributed by atoms with E-state index in [4.69, 9.17) is 22.1 Å². The Labute approximate surface area is 199 Å². The van der Waals surface area contributed by atoms with Gasteiger partial charge in [-0.25, -0.2) is 4.39 Å². The van der Waals surface area contributed by atoms with E-state index >= 15 is 0 Å². The molecule has 2 aromatic rings. The van der Waals surface area contributed by atoms with Crippen molar-refractivity contribution in [2.24, 2.45) is 11.1 Å². The van der Waals surface area contributed by atoms with Crippen LogP contribution in [-0.4, -0.2) is 36.4 Å². The number of primary amides is 1. The molecule has 0 bridgehead atoms. The van der Waals surface area contributed by atoms with E-state index in [1.165, 1.54) is 12.1 Å². The van der Waals surface area contributed by atoms with Gasteiger partial charge in [-0.15, -0.1) is 0 Å². The van der Waals surface area contributed by atoms with E-state index in [0.717, 1.165) is 31.2 Å². The summed E-state index contributed by atoms with van der Waals surface area (Å²) in [6.45, 7) is 1.27. The van der Waals surface area contributed by atoms with Gasteiger partial charge in [0.2, 0.25) is 11.8 Å². The number of nitrogens with two attached hydrogens (primary N) is 1. The molecule has 2 fully saturated rings. The molecule has 1 saturated carbocycles. The van der Waals surface area contributed by atoms with Gasteiger partial charge in [0, 0.05) is 29.9 Å². The molecule has 2 amide bonds. The highest BCUT2D eigenvalue weighted by Crippen LogP contribution is 2.45. The summed E-state index contributed by atoms with van der Waals surface area (Å²) in [6.07, 6.45) is 4.90. The number of hydrogen-bond donors (Lipinski definition) is 1. The van der Waals surface area contributed by atoms with E-state index in [0.29, 0.717) is 36.7 Å². The van der Waals surface area contributed by atoms with Crippen LogP contribution < -0.4 is 10.5 Å². The number of benzene rings is 2. The van der Waals surface area contributed by atoms with Crippen LogP contribution in [0.5, 0.6) is 5.75 Å². The van der Waals surface area contributed by atoms with Crippen LogP contribution >= 0.6 is 11.6 Å². The minimum absolute atomic E-state index is 0.0191. The largest absolute Gasteiger partial charge is 0.493 e. The lowest BCUT2D eigenvalue weighted by molar-refractivity contribution is -0.143. The number of amides is 2. The van der Waals surface area contributed by atoms with Gasteiger partial charge in [0.15, 0.2) is 0 Å². The standard InChI is InChI=1S/C26H30ClFN2O3/c27-20-7-9-22(10-8-20)33-18-25(16-23(29)31)11-4-14-30(17-25)24(32)26(12-1-2-13-26)19-5-3-6-21(28)15-19/h3,5-10,15H,1-2,4,11-14,16-18H2,(H2,29,31)/t25-/m1/s1. The fourth-order valence-electron chi connectivity index (χ4n) is 5.52. The molecule has 5 nitrogen and oxygen atoms in total. The highest BCUT2D eigenvalue weighted by molar-refractivity contribution is 6.30. The zero-order chi connectivity index (χ0) is 23.5. The first-order chi connectivity index (χ1) is 15.8. The monoisotopic (exact) mass is 472 g/mol. The van der Waals surface area contributed by atoms with Gasteiger partial charge in [0.1, 0.15) is 11.6 Å². The van der Waals surface area contributed by atoms with Crippen molar-refractivity contribution in [2.45, 2.75) is 50.4 Å². The third-order valence-electron chi connectivity index (χ3n) is 7.10. The zero-order valence-electron chi connectivity index (χ0n) is 18.7. The minimum Gasteiger partial charge on any atom is -0.493 e. The van der Waals surface area contributed by atoms with Crippen molar-refractivity contribution in [3.63, 3.8) is 0 Å². The lowest BCUT2D eigenvalue weighted by atomic mass is 9.74. The number of piperidine rings is 1. The molecule has 176 valence electrons. The molecule has 1 aliphatic carbocycles. The van der Waals surface area contributed by atoms with Crippen molar-refractivity contribution in [1.29, 1.82) is 0 Å². The van der Waals surface area contributed by atoms with Crippen molar-refractivity contribution >= 4 is 23.4 Å². The second kappa shape index (κ2) is 9.72. The summed E-state index contributed by atoms with van der Waals surface area (Å²) >= 11 is 5.96. The Bertz CT molecular complexity index is 1010. The highest BCUT2D eigenvalue weighted by atomic mass is 35.5. The molecule has 7 heteroatoms. The summed E-state index contributed by atoms with van der Waals surface area (Å²) in [4.78, 5) is 27.8. The summed E-state index contributed by atoms with van der Waals surface area (Å²) in [5.74, 6) is -0.0706. The number of halogens is 2. The molecule has 0 unspecified atom stereocenters. The number of carbonyl (C=O) groups excluding carboxylic acids is 2. The molecular weight excluding hydrogens is 443 g/mol. The molecule has 1 saturated heterocycles. The molecule has 2 aliphatic rings. The van der Waals surface area contributed by atoms with Crippen molar-refractivity contribution in [3.05, 3.63) is 64.9 Å². The Kier molecular flexibility index (Phi) is 6.94. The molecule has 2 aromatic carbocycles. The smallest absolute Gasteiger partial charge is 0.233 e. The van der Waals surface area contributed by atoms with E-state index in [2.05, 4.69) is 0 Å². The number of carbonyl (C=O) groups is 2. The molecule has 2 N–H and O–H groups in total. The Morgan fingerprint density at radius 1 is 1.06 bits per heavy atom. The fraction of sp³-hybridized carbons (Fsp3) is 0.462. The lowest BCUT2D eigenvalue weighted by Crippen LogP contribution is -2.54. The summed E-state index contributed by atoms with van der Waals surface area (Å²) in [5.41, 5.74) is 5.08. The maximum Gasteiger partial charge on any atom is 0.233 e. The normalized spacial score (nSPS) is 22.2. The van der Waals surface area contributed by atoms with Gasteiger partial charge in [-0.2, -0.15) is 0 Å². The van der Waals surface area contributed by atoms with Crippen LogP contribution in [0.15, 0.2) is 48.5 Å². The fourth-order valence-corrected chi connectivity index (χ4v) is 5.65. The summed E-state index contributed by atoms with van der Waals surface area (Å²) in [7, 11) is 0. The van der Waals surface area contributed by atoms with Crippen LogP contribution in [0, 0.1) is 11.2 Å². The molecule has 0 spiro atoms. The average Bonchev–Trinajstić information content (AvgIpc) is 3.29. The summed E-state index contributed by atoms with van der Waals surface area (Å²) < 4.78 is 20.1. The van der Waals surface area contributed by atoms with Gasteiger partial charge >= 0.3 is 0 Å². The maximum absolute atomic E-state index is 14.0. The summed E-state index contributed by atoms with van der Waals surface area (Å²) in [5, 5.41) is 0.614. The van der Waals surface area contributed by atoms with Gasteiger partial charge in [-0.1, -0.05) is 36.6 Å². The first-order valence-corrected chi connectivity index (χ1v) is 11.9. The number of nitrogens with zero attached hydrogens (tertiary/aromatic N) is 1. The minimum atomic E-state index is -0.713. The Morgan fingerprint density at radius 2 is 1.79 bits per heavy atom. The second-order valence-electron chi connectivity index (χ2n) is 9.52. The van der Waals surface area contributed by atoms with Crippen LogP contribution in [0.4, 0.5) is 4.39 Å². The van der Waals surface area contributed by atoms with Crippen molar-refractivity contribution in [1.82, 2.24) is 4.90 Å². The number of likely N-dealkylation sites (tertiary alicyclic amines) is 1. The van der Waals surface area contributed by atoms with Crippen LogP contribution in [0.1, 0.15) is 50.5 Å². The van der Waals surface area contributed by atoms with Gasteiger partial charge in [-0.3, -0.25) is 9.59 Å². The number of ether oxygens (including phenoxy) is 1. The molecule has 0 aromatic heterocycles. The zero-order valence-corrected chi connectivity index (χ0v) is 19.5. The van der Waals surface area contributed by atoms with Crippen LogP contribution in [0.25, 0.3) is 0 Å². The van der Waals surface area contributed by atoms with Gasteiger partial charge in [0.05, 0.1) is 12.0 Å². The van der Waals surface area contributed by atoms with E-state index in [9.17, 15) is 14.0 Å². The molecule has 1 aliphatic heterocycles. The Hall–Kier alpha value is -2.60. The van der Waals surface area contributed by atoms with Crippen LogP contribution in [0.3, 0.4) is 0 Å². The van der Waals surface area contributed by atoms with Crippen LogP contribution in [0.2, 0.25) is 5.02 Å². The first-order valence-electron chi connectivity index (χ1n) is 11.5. The van der Waals surface area contributed by atoms with Crippen molar-refractivity contribution < 1.29 is 18.7 Å². The van der Waals surface area contributed by atoms with E-state index in [1.807, 2.05) is 11.0 Å². The Morgan fingerprint density at radius 3 is 2.45 bits per heavy atom. The number of hydrogen-bond acceptors (Lipinski definition) is 3. The SMILES string of the molecule is NC(=O)C[C@]1(COc2ccc(Cl)cc2)CCCN(C(=O)C2(c3cccc(F)c3)CCCC2)C1. The summed E-state index contributed by atoms with van der Waals surface area (Å²) in [6, 6.07) is 13.5. The second-order valence-corrected chi connectivity index (χ2v) is 9.95. The molecule has 0 radical (unpaired) electrons. The van der Waals surface area contributed by atoms with Crippen molar-refractivity contribution in [3.8, 4) is 5.75 Å². The molecule has 4 rings (SSSR count). The van der Waals surface area contributed by atoms with Crippen molar-refractivity contribution in [2.75, 3.05) is 19.7 Å². The molecule has 1 heterocycles. The molecule has 1 atom stereocenters. The van der Waals surface area contributed by atoms with Gasteiger partial charge in [-0.05, 0) is 67.6 Å². The molecular formula is C26H30ClFN2O3. The quantitative estimate of drug-likeness (QED) is 0.625. The Balaban J connectivity index is 1.57. The van der Waals surface area contributed by atoms with Crippen LogP contribution in [-0.2, 0) is 15.0 Å². The predicted octanol–water partition coefficient (Wildman–Crippen LogP) is 4.85. The van der Waals surface area contributed by atoms with E-state index in [-0.39, 0.29) is 24.8 Å². The maximum atomic E-state index is 14.0. The highest BCUT2D eigenvalue weighted by Gasteiger charge is 2.48. The number of rotatable bonds is 7. The topological polar surface area (TPSA) is 72.6 Å². The third-order valence-corrected chi connectivity index (χ3v) is 7.35. The third kappa shape index (κ3) is 5.16. The van der Waals surface area contributed by atoms with E-state index < -0.39 is 16.7 Å². The van der Waals surface area contributed by atoms with Gasteiger partial charge in [0.25, 0.3) is 0 Å². The van der Waals surface area contributed by atoms with E-state index in [1.54, 1.807) is 30.3 Å². The van der Waals surface area contributed by atoms with Gasteiger partial charge < -0.3 is 15.4 Å². The predicted molar refractivity (Wildman–Crippen MR) is 126 cm³/mol.